The first-order valence-electron chi connectivity index (χ1n) is 11.2. The number of nitro benzene ring substituents is 1. The summed E-state index contributed by atoms with van der Waals surface area (Å²) in [6.45, 7) is 2.87. The Morgan fingerprint density at radius 3 is 2.71 bits per heavy atom. The number of amides is 2. The van der Waals surface area contributed by atoms with E-state index in [-0.39, 0.29) is 53.6 Å². The number of carbonyl (C=O) groups excluding carboxylic acids is 3. The number of nitro groups is 1. The van der Waals surface area contributed by atoms with Crippen molar-refractivity contribution in [2.75, 3.05) is 35.2 Å². The van der Waals surface area contributed by atoms with E-state index < -0.39 is 28.2 Å². The van der Waals surface area contributed by atoms with Crippen LogP contribution in [0.1, 0.15) is 37.7 Å². The van der Waals surface area contributed by atoms with Gasteiger partial charge in [-0.1, -0.05) is 0 Å². The summed E-state index contributed by atoms with van der Waals surface area (Å²) in [5, 5.41) is 16.0. The predicted octanol–water partition coefficient (Wildman–Crippen LogP) is 1.52. The third-order valence-electron chi connectivity index (χ3n) is 5.94. The van der Waals surface area contributed by atoms with Crippen molar-refractivity contribution >= 4 is 40.9 Å². The largest absolute Gasteiger partial charge is 0.466 e. The van der Waals surface area contributed by atoms with Gasteiger partial charge in [-0.05, 0) is 31.9 Å². The molecule has 3 heterocycles. The molecule has 3 N–H and O–H groups in total. The van der Waals surface area contributed by atoms with Crippen molar-refractivity contribution in [3.8, 4) is 0 Å². The van der Waals surface area contributed by atoms with Gasteiger partial charge in [-0.3, -0.25) is 34.3 Å². The van der Waals surface area contributed by atoms with E-state index in [1.54, 1.807) is 11.8 Å². The first kappa shape index (κ1) is 23.9. The number of H-pyrrole nitrogens is 1. The van der Waals surface area contributed by atoms with E-state index in [2.05, 4.69) is 20.6 Å². The second-order valence-corrected chi connectivity index (χ2v) is 8.29. The Morgan fingerprint density at radius 1 is 1.29 bits per heavy atom. The van der Waals surface area contributed by atoms with E-state index >= 15 is 0 Å². The summed E-state index contributed by atoms with van der Waals surface area (Å²) in [7, 11) is 0. The Kier molecular flexibility index (Phi) is 6.75. The highest BCUT2D eigenvalue weighted by atomic mass is 16.6. The topological polar surface area (TPSA) is 177 Å². The van der Waals surface area contributed by atoms with E-state index in [9.17, 15) is 29.3 Å². The fourth-order valence-corrected chi connectivity index (χ4v) is 4.25. The smallest absolute Gasteiger partial charge is 0.310 e. The summed E-state index contributed by atoms with van der Waals surface area (Å²) < 4.78 is 5.11. The standard InChI is InChI=1S/C22H24N6O7/c1-2-35-21(32)12-4-3-9-27(11-12)22-25-18-17(20(31)26-22)15(10-16(29)24-18)19(30)23-13-5-7-14(8-6-13)28(33)34/h5-8,12,15H,2-4,9-11H2,1H3,(H,23,30)(H2,24,25,26,29,31). The molecule has 13 nitrogen and oxygen atoms in total. The lowest BCUT2D eigenvalue weighted by Gasteiger charge is -2.32. The van der Waals surface area contributed by atoms with E-state index in [0.29, 0.717) is 25.9 Å². The molecule has 0 spiro atoms. The molecule has 1 aromatic carbocycles. The molecule has 184 valence electrons. The van der Waals surface area contributed by atoms with Crippen LogP contribution < -0.4 is 21.1 Å². The fraction of sp³-hybridized carbons (Fsp3) is 0.409. The van der Waals surface area contributed by atoms with Crippen LogP contribution in [0.4, 0.5) is 23.1 Å². The van der Waals surface area contributed by atoms with Crippen LogP contribution in [0.3, 0.4) is 0 Å². The molecule has 0 saturated carbocycles. The normalized spacial score (nSPS) is 19.3. The number of hydrogen-bond donors (Lipinski definition) is 3. The van der Waals surface area contributed by atoms with Gasteiger partial charge < -0.3 is 20.3 Å². The van der Waals surface area contributed by atoms with Crippen molar-refractivity contribution in [1.82, 2.24) is 9.97 Å². The van der Waals surface area contributed by atoms with Crippen LogP contribution in [0.5, 0.6) is 0 Å². The summed E-state index contributed by atoms with van der Waals surface area (Å²) in [6, 6.07) is 5.20. The quantitative estimate of drug-likeness (QED) is 0.312. The maximum atomic E-state index is 13.0. The van der Waals surface area contributed by atoms with Crippen molar-refractivity contribution in [3.05, 3.63) is 50.3 Å². The highest BCUT2D eigenvalue weighted by Crippen LogP contribution is 2.31. The molecule has 2 unspecified atom stereocenters. The van der Waals surface area contributed by atoms with Gasteiger partial charge in [0.15, 0.2) is 0 Å². The predicted molar refractivity (Wildman–Crippen MR) is 124 cm³/mol. The minimum atomic E-state index is -1.10. The van der Waals surface area contributed by atoms with E-state index in [1.165, 1.54) is 24.3 Å². The lowest BCUT2D eigenvalue weighted by molar-refractivity contribution is -0.384. The third kappa shape index (κ3) is 5.13. The molecule has 1 saturated heterocycles. The molecule has 4 rings (SSSR count). The van der Waals surface area contributed by atoms with E-state index in [1.807, 2.05) is 0 Å². The number of aromatic amines is 1. The van der Waals surface area contributed by atoms with Crippen LogP contribution in [0, 0.1) is 16.0 Å². The molecule has 0 bridgehead atoms. The maximum absolute atomic E-state index is 13.0. The SMILES string of the molecule is CCOC(=O)C1CCCN(c2nc3c(c(=O)[nH]2)C(C(=O)Nc2ccc([N+](=O)[O-])cc2)CC(=O)N3)C1. The van der Waals surface area contributed by atoms with Gasteiger partial charge in [0.05, 0.1) is 28.9 Å². The monoisotopic (exact) mass is 484 g/mol. The lowest BCUT2D eigenvalue weighted by Crippen LogP contribution is -2.42. The number of ether oxygens (including phenoxy) is 1. The Hall–Kier alpha value is -4.29. The first-order chi connectivity index (χ1) is 16.8. The number of hydrogen-bond acceptors (Lipinski definition) is 9. The van der Waals surface area contributed by atoms with Crippen molar-refractivity contribution in [1.29, 1.82) is 0 Å². The van der Waals surface area contributed by atoms with Crippen molar-refractivity contribution in [2.45, 2.75) is 32.1 Å². The fourth-order valence-electron chi connectivity index (χ4n) is 4.25. The molecule has 35 heavy (non-hydrogen) atoms. The molecule has 0 radical (unpaired) electrons. The number of nitrogens with zero attached hydrogens (tertiary/aromatic N) is 3. The number of non-ortho nitro benzene ring substituents is 1. The number of piperidine rings is 1. The zero-order chi connectivity index (χ0) is 25.1. The number of nitrogens with one attached hydrogen (secondary N) is 3. The van der Waals surface area contributed by atoms with Crippen LogP contribution in [0.2, 0.25) is 0 Å². The Morgan fingerprint density at radius 2 is 2.03 bits per heavy atom. The van der Waals surface area contributed by atoms with Gasteiger partial charge in [0.1, 0.15) is 5.82 Å². The molecule has 1 fully saturated rings. The molecule has 2 atom stereocenters. The van der Waals surface area contributed by atoms with E-state index in [4.69, 9.17) is 4.74 Å². The zero-order valence-electron chi connectivity index (χ0n) is 18.9. The molecule has 2 aliphatic rings. The van der Waals surface area contributed by atoms with Crippen molar-refractivity contribution < 1.29 is 24.0 Å². The number of anilines is 3. The molecule has 2 amide bonds. The summed E-state index contributed by atoms with van der Waals surface area (Å²) in [5.41, 5.74) is -0.409. The van der Waals surface area contributed by atoms with Gasteiger partial charge in [-0.25, -0.2) is 0 Å². The number of aromatic nitrogens is 2. The Labute approximate surface area is 199 Å². The van der Waals surface area contributed by atoms with Crippen LogP contribution in [0.25, 0.3) is 0 Å². The number of esters is 1. The molecule has 0 aliphatic carbocycles. The summed E-state index contributed by atoms with van der Waals surface area (Å²) in [4.78, 5) is 69.5. The van der Waals surface area contributed by atoms with Crippen molar-refractivity contribution in [3.63, 3.8) is 0 Å². The second-order valence-electron chi connectivity index (χ2n) is 8.29. The molecule has 2 aliphatic heterocycles. The van der Waals surface area contributed by atoms with E-state index in [0.717, 1.165) is 0 Å². The molecule has 1 aromatic heterocycles. The number of carbonyl (C=O) groups is 3. The molecule has 13 heteroatoms. The molecule has 2 aromatic rings. The van der Waals surface area contributed by atoms with Gasteiger partial charge in [0, 0.05) is 37.3 Å². The van der Waals surface area contributed by atoms with Crippen LogP contribution in [0.15, 0.2) is 29.1 Å². The zero-order valence-corrected chi connectivity index (χ0v) is 18.9. The number of benzene rings is 1. The number of fused-ring (bicyclic) bond motifs is 1. The lowest BCUT2D eigenvalue weighted by atomic mass is 9.92. The molecular formula is C22H24N6O7. The minimum absolute atomic E-state index is 0.0119. The minimum Gasteiger partial charge on any atom is -0.466 e. The summed E-state index contributed by atoms with van der Waals surface area (Å²) >= 11 is 0. The highest BCUT2D eigenvalue weighted by molar-refractivity contribution is 6.04. The van der Waals surface area contributed by atoms with Gasteiger partial charge in [0.25, 0.3) is 11.2 Å². The maximum Gasteiger partial charge on any atom is 0.310 e. The van der Waals surface area contributed by atoms with Crippen molar-refractivity contribution in [2.24, 2.45) is 5.92 Å². The van der Waals surface area contributed by atoms with Gasteiger partial charge in [-0.2, -0.15) is 4.98 Å². The first-order valence-corrected chi connectivity index (χ1v) is 11.2. The Balaban J connectivity index is 1.57. The average Bonchev–Trinajstić information content (AvgIpc) is 2.83. The van der Waals surface area contributed by atoms with Crippen LogP contribution in [-0.2, 0) is 19.1 Å². The molecular weight excluding hydrogens is 460 g/mol. The van der Waals surface area contributed by atoms with Crippen LogP contribution >= 0.6 is 0 Å². The summed E-state index contributed by atoms with van der Waals surface area (Å²) in [5.74, 6) is -2.69. The van der Waals surface area contributed by atoms with Crippen LogP contribution in [-0.4, -0.2) is 52.4 Å². The third-order valence-corrected chi connectivity index (χ3v) is 5.94. The Bertz CT molecular complexity index is 1230. The highest BCUT2D eigenvalue weighted by Gasteiger charge is 2.36. The number of rotatable bonds is 6. The average molecular weight is 484 g/mol. The van der Waals surface area contributed by atoms with Gasteiger partial charge >= 0.3 is 5.97 Å². The summed E-state index contributed by atoms with van der Waals surface area (Å²) in [6.07, 6.45) is 1.09. The van der Waals surface area contributed by atoms with Gasteiger partial charge in [0.2, 0.25) is 17.8 Å². The second kappa shape index (κ2) is 9.91. The van der Waals surface area contributed by atoms with Gasteiger partial charge in [-0.15, -0.1) is 0 Å².